The second-order valence-electron chi connectivity index (χ2n) is 10.8. The first kappa shape index (κ1) is 28.9. The van der Waals surface area contributed by atoms with Crippen molar-refractivity contribution in [2.45, 2.75) is 71.9 Å². The van der Waals surface area contributed by atoms with Crippen LogP contribution in [-0.4, -0.2) is 28.2 Å². The molecule has 0 atom stereocenters. The Balaban J connectivity index is 0.00000222. The van der Waals surface area contributed by atoms with Crippen molar-refractivity contribution in [2.24, 2.45) is 16.1 Å². The first-order valence-corrected chi connectivity index (χ1v) is 12.1. The summed E-state index contributed by atoms with van der Waals surface area (Å²) in [6.07, 6.45) is 14.6. The van der Waals surface area contributed by atoms with Crippen molar-refractivity contribution >= 4 is 5.57 Å². The Hall–Kier alpha value is -3.30. The number of terminal acetylenes is 1. The quantitative estimate of drug-likeness (QED) is 0.190. The normalized spacial score (nSPS) is 18.3. The van der Waals surface area contributed by atoms with Crippen LogP contribution >= 0.6 is 0 Å². The molecule has 0 spiro atoms. The number of pyridine rings is 1. The fourth-order valence-corrected chi connectivity index (χ4v) is 5.47. The van der Waals surface area contributed by atoms with E-state index in [1.165, 1.54) is 17.8 Å². The maximum absolute atomic E-state index is 13.5. The molecule has 0 saturated carbocycles. The minimum absolute atomic E-state index is 0.0934. The summed E-state index contributed by atoms with van der Waals surface area (Å²) in [5.74, 6) is 0.138. The van der Waals surface area contributed by atoms with E-state index >= 15 is 0 Å². The number of aromatic hydroxyl groups is 1. The summed E-state index contributed by atoms with van der Waals surface area (Å²) >= 11 is 0. The first-order chi connectivity index (χ1) is 16.9. The SMILES string of the molecule is C#C.CN=NC(/C=C(\C)c1ccc(-c2ccnc(F)c2)cc1O)=C(/C)CC1CC(C)(C)NC(C)(C)C1. The average molecular weight is 491 g/mol. The molecular weight excluding hydrogens is 451 g/mol. The second kappa shape index (κ2) is 12.1. The highest BCUT2D eigenvalue weighted by atomic mass is 19.1. The van der Waals surface area contributed by atoms with Crippen LogP contribution in [-0.2, 0) is 0 Å². The van der Waals surface area contributed by atoms with Crippen molar-refractivity contribution < 1.29 is 9.50 Å². The van der Waals surface area contributed by atoms with Crippen molar-refractivity contribution in [3.63, 3.8) is 0 Å². The number of piperidine rings is 1. The summed E-state index contributed by atoms with van der Waals surface area (Å²) in [5, 5.41) is 22.9. The van der Waals surface area contributed by atoms with E-state index in [4.69, 9.17) is 0 Å². The van der Waals surface area contributed by atoms with Gasteiger partial charge in [0.15, 0.2) is 0 Å². The Morgan fingerprint density at radius 3 is 2.28 bits per heavy atom. The molecule has 0 unspecified atom stereocenters. The van der Waals surface area contributed by atoms with Gasteiger partial charge in [0.2, 0.25) is 5.95 Å². The third-order valence-electron chi connectivity index (χ3n) is 6.35. The molecule has 0 amide bonds. The van der Waals surface area contributed by atoms with E-state index in [-0.39, 0.29) is 16.8 Å². The van der Waals surface area contributed by atoms with Crippen molar-refractivity contribution in [2.75, 3.05) is 7.05 Å². The minimum Gasteiger partial charge on any atom is -0.507 e. The lowest BCUT2D eigenvalue weighted by Gasteiger charge is -2.46. The Bertz CT molecular complexity index is 1160. The number of allylic oxidation sites excluding steroid dienone is 3. The van der Waals surface area contributed by atoms with Gasteiger partial charge >= 0.3 is 0 Å². The molecule has 1 saturated heterocycles. The van der Waals surface area contributed by atoms with Crippen LogP contribution in [0.25, 0.3) is 16.7 Å². The highest BCUT2D eigenvalue weighted by molar-refractivity contribution is 5.75. The lowest BCUT2D eigenvalue weighted by molar-refractivity contribution is 0.128. The minimum atomic E-state index is -0.548. The summed E-state index contributed by atoms with van der Waals surface area (Å²) < 4.78 is 13.5. The number of rotatable bonds is 6. The Kier molecular flexibility index (Phi) is 9.72. The summed E-state index contributed by atoms with van der Waals surface area (Å²) in [6, 6.07) is 8.45. The van der Waals surface area contributed by atoms with Crippen LogP contribution < -0.4 is 5.32 Å². The van der Waals surface area contributed by atoms with Crippen LogP contribution in [0.5, 0.6) is 5.75 Å². The van der Waals surface area contributed by atoms with E-state index in [2.05, 4.69) is 68.0 Å². The number of halogens is 1. The maximum atomic E-state index is 13.5. The van der Waals surface area contributed by atoms with Crippen LogP contribution in [0, 0.1) is 24.7 Å². The first-order valence-electron chi connectivity index (χ1n) is 12.1. The smallest absolute Gasteiger partial charge is 0.213 e. The summed E-state index contributed by atoms with van der Waals surface area (Å²) in [5.41, 5.74) is 5.19. The van der Waals surface area contributed by atoms with Gasteiger partial charge in [0.25, 0.3) is 0 Å². The van der Waals surface area contributed by atoms with Crippen LogP contribution in [0.3, 0.4) is 0 Å². The van der Waals surface area contributed by atoms with E-state index in [1.807, 2.05) is 25.1 Å². The fraction of sp³-hybridized carbons (Fsp3) is 0.433. The third-order valence-corrected chi connectivity index (χ3v) is 6.35. The second-order valence-corrected chi connectivity index (χ2v) is 10.8. The molecule has 2 N–H and O–H groups in total. The van der Waals surface area contributed by atoms with Gasteiger partial charge in [0.1, 0.15) is 5.75 Å². The highest BCUT2D eigenvalue weighted by Gasteiger charge is 2.37. The molecule has 0 aliphatic carbocycles. The highest BCUT2D eigenvalue weighted by Crippen LogP contribution is 2.37. The zero-order valence-corrected chi connectivity index (χ0v) is 22.6. The lowest BCUT2D eigenvalue weighted by atomic mass is 9.73. The molecular formula is C30H39FN4O. The van der Waals surface area contributed by atoms with Gasteiger partial charge in [-0.3, -0.25) is 0 Å². The molecule has 0 radical (unpaired) electrons. The Labute approximate surface area is 215 Å². The van der Waals surface area contributed by atoms with Gasteiger partial charge in [0, 0.05) is 36.0 Å². The molecule has 0 bridgehead atoms. The van der Waals surface area contributed by atoms with Gasteiger partial charge < -0.3 is 10.4 Å². The molecule has 1 aliphatic heterocycles. The number of benzene rings is 1. The van der Waals surface area contributed by atoms with E-state index in [0.29, 0.717) is 17.0 Å². The predicted molar refractivity (Wildman–Crippen MR) is 147 cm³/mol. The van der Waals surface area contributed by atoms with E-state index in [9.17, 15) is 9.50 Å². The number of phenols is 1. The van der Waals surface area contributed by atoms with Crippen LogP contribution in [0.15, 0.2) is 64.1 Å². The molecule has 192 valence electrons. The van der Waals surface area contributed by atoms with E-state index in [1.54, 1.807) is 19.2 Å². The zero-order chi connectivity index (χ0) is 27.1. The average Bonchev–Trinajstić information content (AvgIpc) is 2.77. The van der Waals surface area contributed by atoms with Gasteiger partial charge in [-0.1, -0.05) is 12.1 Å². The topological polar surface area (TPSA) is 69.9 Å². The van der Waals surface area contributed by atoms with Gasteiger partial charge in [-0.15, -0.1) is 12.8 Å². The largest absolute Gasteiger partial charge is 0.507 e. The molecule has 2 aromatic rings. The van der Waals surface area contributed by atoms with Crippen LogP contribution in [0.1, 0.15) is 66.4 Å². The molecule has 36 heavy (non-hydrogen) atoms. The zero-order valence-electron chi connectivity index (χ0n) is 22.6. The van der Waals surface area contributed by atoms with Gasteiger partial charge in [0.05, 0.1) is 5.70 Å². The molecule has 2 heterocycles. The van der Waals surface area contributed by atoms with Crippen molar-refractivity contribution in [3.8, 4) is 29.7 Å². The Morgan fingerprint density at radius 1 is 1.11 bits per heavy atom. The molecule has 3 rings (SSSR count). The number of phenolic OH excluding ortho intramolecular Hbond substituents is 1. The summed E-state index contributed by atoms with van der Waals surface area (Å²) in [7, 11) is 1.67. The van der Waals surface area contributed by atoms with Crippen LogP contribution in [0.4, 0.5) is 4.39 Å². The molecule has 1 aliphatic rings. The van der Waals surface area contributed by atoms with Crippen molar-refractivity contribution in [1.82, 2.24) is 10.3 Å². The molecule has 1 aromatic heterocycles. The molecule has 1 aromatic carbocycles. The summed E-state index contributed by atoms with van der Waals surface area (Å²) in [4.78, 5) is 3.59. The number of hydrogen-bond donors (Lipinski definition) is 2. The van der Waals surface area contributed by atoms with Crippen molar-refractivity contribution in [1.29, 1.82) is 0 Å². The number of nitrogens with one attached hydrogen (secondary N) is 1. The lowest BCUT2D eigenvalue weighted by Crippen LogP contribution is -2.57. The van der Waals surface area contributed by atoms with Crippen LogP contribution in [0.2, 0.25) is 0 Å². The molecule has 5 nitrogen and oxygen atoms in total. The van der Waals surface area contributed by atoms with E-state index < -0.39 is 5.95 Å². The fourth-order valence-electron chi connectivity index (χ4n) is 5.47. The third kappa shape index (κ3) is 7.86. The number of azo groups is 1. The van der Waals surface area contributed by atoms with Gasteiger partial charge in [-0.2, -0.15) is 14.6 Å². The maximum Gasteiger partial charge on any atom is 0.213 e. The van der Waals surface area contributed by atoms with E-state index in [0.717, 1.165) is 36.1 Å². The Morgan fingerprint density at radius 2 is 1.72 bits per heavy atom. The van der Waals surface area contributed by atoms with Gasteiger partial charge in [-0.25, -0.2) is 4.98 Å². The monoisotopic (exact) mass is 490 g/mol. The molecule has 1 fully saturated rings. The summed E-state index contributed by atoms with van der Waals surface area (Å²) in [6.45, 7) is 13.1. The number of nitrogens with zero attached hydrogens (tertiary/aromatic N) is 3. The predicted octanol–water partition coefficient (Wildman–Crippen LogP) is 7.55. The number of aromatic nitrogens is 1. The standard InChI is InChI=1S/C28H37FN4O.C2H2/c1-18(23-9-8-21(14-25(23)34)22-10-11-31-26(29)15-22)13-24(32-30-7)19(2)12-20-16-27(3,4)33-28(5,6)17-20;1-2/h8-11,13-15,20,33-34H,12,16-17H2,1-7H3;1-2H/b18-13+,24-19-,32-30?;. The number of hydrogen-bond acceptors (Lipinski definition) is 5. The van der Waals surface area contributed by atoms with Crippen molar-refractivity contribution in [3.05, 3.63) is 65.4 Å². The molecule has 6 heteroatoms. The van der Waals surface area contributed by atoms with Gasteiger partial charge in [-0.05, 0) is 107 Å².